The molecule has 1 heterocycles. The van der Waals surface area contributed by atoms with E-state index in [9.17, 15) is 0 Å². The molecular formula is C15H24N2O2. The number of nitrogens with two attached hydrogens (primary N) is 1. The molecule has 0 aromatic heterocycles. The highest BCUT2D eigenvalue weighted by atomic mass is 16.5. The summed E-state index contributed by atoms with van der Waals surface area (Å²) in [5.41, 5.74) is 8.32. The maximum atomic E-state index is 5.85. The van der Waals surface area contributed by atoms with Crippen LogP contribution in [0.4, 0.5) is 0 Å². The van der Waals surface area contributed by atoms with Gasteiger partial charge in [0.05, 0.1) is 25.4 Å². The highest BCUT2D eigenvalue weighted by Crippen LogP contribution is 2.29. The highest BCUT2D eigenvalue weighted by molar-refractivity contribution is 5.26. The summed E-state index contributed by atoms with van der Waals surface area (Å²) < 4.78 is 11.0. The average Bonchev–Trinajstić information content (AvgIpc) is 2.47. The van der Waals surface area contributed by atoms with Crippen LogP contribution in [-0.2, 0) is 16.1 Å². The molecule has 1 saturated heterocycles. The molecule has 0 bridgehead atoms. The summed E-state index contributed by atoms with van der Waals surface area (Å²) in [5, 5.41) is 0. The molecule has 0 amide bonds. The van der Waals surface area contributed by atoms with Gasteiger partial charge in [0.1, 0.15) is 0 Å². The van der Waals surface area contributed by atoms with Crippen LogP contribution in [0.2, 0.25) is 0 Å². The molecule has 1 aromatic rings. The van der Waals surface area contributed by atoms with Crippen molar-refractivity contribution in [1.29, 1.82) is 0 Å². The Morgan fingerprint density at radius 3 is 2.68 bits per heavy atom. The van der Waals surface area contributed by atoms with Gasteiger partial charge in [-0.15, -0.1) is 0 Å². The molecule has 2 unspecified atom stereocenters. The Morgan fingerprint density at radius 1 is 1.37 bits per heavy atom. The third kappa shape index (κ3) is 3.34. The lowest BCUT2D eigenvalue weighted by atomic mass is 9.97. The van der Waals surface area contributed by atoms with E-state index < -0.39 is 0 Å². The molecule has 2 N–H and O–H groups in total. The normalized spacial score (nSPS) is 24.6. The van der Waals surface area contributed by atoms with Gasteiger partial charge in [-0.2, -0.15) is 0 Å². The third-order valence-electron chi connectivity index (χ3n) is 3.73. The van der Waals surface area contributed by atoms with Gasteiger partial charge in [-0.05, 0) is 17.7 Å². The first-order valence-corrected chi connectivity index (χ1v) is 6.93. The molecule has 106 valence electrons. The maximum Gasteiger partial charge on any atom is 0.0894 e. The molecule has 2 rings (SSSR count). The van der Waals surface area contributed by atoms with E-state index in [2.05, 4.69) is 36.1 Å². The monoisotopic (exact) mass is 264 g/mol. The number of nitrogens with zero attached hydrogens (tertiary/aromatic N) is 1. The number of ether oxygens (including phenoxy) is 2. The fraction of sp³-hybridized carbons (Fsp3) is 0.600. The van der Waals surface area contributed by atoms with Gasteiger partial charge in [0.15, 0.2) is 0 Å². The van der Waals surface area contributed by atoms with E-state index >= 15 is 0 Å². The number of hydrogen-bond acceptors (Lipinski definition) is 4. The van der Waals surface area contributed by atoms with E-state index in [0.29, 0.717) is 13.2 Å². The standard InChI is InChI=1S/C15H24N2O2/c1-3-17-8-9-19-14(10-16)15(17)13-6-4-12(5-7-13)11-18-2/h4-7,14-15H,3,8-11,16H2,1-2H3. The van der Waals surface area contributed by atoms with Gasteiger partial charge in [0.2, 0.25) is 0 Å². The minimum absolute atomic E-state index is 0.0852. The summed E-state index contributed by atoms with van der Waals surface area (Å²) in [4.78, 5) is 2.44. The van der Waals surface area contributed by atoms with Gasteiger partial charge in [0.25, 0.3) is 0 Å². The molecule has 1 fully saturated rings. The van der Waals surface area contributed by atoms with Crippen LogP contribution in [0.3, 0.4) is 0 Å². The van der Waals surface area contributed by atoms with Gasteiger partial charge in [-0.25, -0.2) is 0 Å². The summed E-state index contributed by atoms with van der Waals surface area (Å²) in [6, 6.07) is 8.84. The molecular weight excluding hydrogens is 240 g/mol. The van der Waals surface area contributed by atoms with Crippen LogP contribution in [0.15, 0.2) is 24.3 Å². The first kappa shape index (κ1) is 14.5. The van der Waals surface area contributed by atoms with Gasteiger partial charge >= 0.3 is 0 Å². The largest absolute Gasteiger partial charge is 0.380 e. The van der Waals surface area contributed by atoms with Gasteiger partial charge in [-0.3, -0.25) is 4.90 Å². The average molecular weight is 264 g/mol. The van der Waals surface area contributed by atoms with E-state index in [-0.39, 0.29) is 12.1 Å². The molecule has 4 nitrogen and oxygen atoms in total. The second kappa shape index (κ2) is 7.01. The summed E-state index contributed by atoms with van der Waals surface area (Å²) in [5.74, 6) is 0. The summed E-state index contributed by atoms with van der Waals surface area (Å²) >= 11 is 0. The third-order valence-corrected chi connectivity index (χ3v) is 3.73. The Hall–Kier alpha value is -0.940. The van der Waals surface area contributed by atoms with Crippen LogP contribution in [0.5, 0.6) is 0 Å². The summed E-state index contributed by atoms with van der Waals surface area (Å²) in [6.07, 6.45) is 0.0852. The number of likely N-dealkylation sites (N-methyl/N-ethyl adjacent to an activating group) is 1. The zero-order valence-electron chi connectivity index (χ0n) is 11.8. The van der Waals surface area contributed by atoms with Crippen LogP contribution in [0, 0.1) is 0 Å². The molecule has 2 atom stereocenters. The second-order valence-corrected chi connectivity index (χ2v) is 4.89. The van der Waals surface area contributed by atoms with Crippen molar-refractivity contribution in [3.05, 3.63) is 35.4 Å². The molecule has 19 heavy (non-hydrogen) atoms. The number of benzene rings is 1. The Morgan fingerprint density at radius 2 is 2.11 bits per heavy atom. The summed E-state index contributed by atoms with van der Waals surface area (Å²) in [7, 11) is 1.71. The molecule has 0 radical (unpaired) electrons. The van der Waals surface area contributed by atoms with Crippen LogP contribution >= 0.6 is 0 Å². The van der Waals surface area contributed by atoms with Gasteiger partial charge in [-0.1, -0.05) is 31.2 Å². The van der Waals surface area contributed by atoms with E-state index in [1.54, 1.807) is 7.11 Å². The van der Waals surface area contributed by atoms with E-state index in [1.807, 2.05) is 0 Å². The number of hydrogen-bond donors (Lipinski definition) is 1. The second-order valence-electron chi connectivity index (χ2n) is 4.89. The lowest BCUT2D eigenvalue weighted by Gasteiger charge is -2.40. The fourth-order valence-corrected chi connectivity index (χ4v) is 2.74. The van der Waals surface area contributed by atoms with Crippen molar-refractivity contribution in [3.8, 4) is 0 Å². The SMILES string of the molecule is CCN1CCOC(CN)C1c1ccc(COC)cc1. The van der Waals surface area contributed by atoms with Crippen LogP contribution < -0.4 is 5.73 Å². The Bertz CT molecular complexity index is 368. The Kier molecular flexibility index (Phi) is 5.34. The lowest BCUT2D eigenvalue weighted by Crippen LogP contribution is -2.48. The van der Waals surface area contributed by atoms with Gasteiger partial charge < -0.3 is 15.2 Å². The molecule has 0 saturated carbocycles. The number of morpholine rings is 1. The minimum atomic E-state index is 0.0852. The molecule has 1 aliphatic rings. The smallest absolute Gasteiger partial charge is 0.0894 e. The zero-order valence-corrected chi connectivity index (χ0v) is 11.8. The van der Waals surface area contributed by atoms with Gasteiger partial charge in [0, 0.05) is 20.2 Å². The van der Waals surface area contributed by atoms with E-state index in [0.717, 1.165) is 19.7 Å². The summed E-state index contributed by atoms with van der Waals surface area (Å²) in [6.45, 7) is 6.15. The van der Waals surface area contributed by atoms with Crippen molar-refractivity contribution in [1.82, 2.24) is 4.90 Å². The lowest BCUT2D eigenvalue weighted by molar-refractivity contribution is -0.0658. The van der Waals surface area contributed by atoms with E-state index in [4.69, 9.17) is 15.2 Å². The molecule has 0 aliphatic carbocycles. The maximum absolute atomic E-state index is 5.85. The first-order chi connectivity index (χ1) is 9.30. The van der Waals surface area contributed by atoms with Crippen molar-refractivity contribution < 1.29 is 9.47 Å². The molecule has 0 spiro atoms. The first-order valence-electron chi connectivity index (χ1n) is 6.93. The van der Waals surface area contributed by atoms with Crippen molar-refractivity contribution in [2.24, 2.45) is 5.73 Å². The molecule has 1 aromatic carbocycles. The van der Waals surface area contributed by atoms with E-state index in [1.165, 1.54) is 11.1 Å². The van der Waals surface area contributed by atoms with Crippen molar-refractivity contribution in [2.45, 2.75) is 25.7 Å². The van der Waals surface area contributed by atoms with Crippen molar-refractivity contribution >= 4 is 0 Å². The predicted molar refractivity (Wildman–Crippen MR) is 75.9 cm³/mol. The molecule has 1 aliphatic heterocycles. The van der Waals surface area contributed by atoms with Crippen LogP contribution in [0.25, 0.3) is 0 Å². The zero-order chi connectivity index (χ0) is 13.7. The highest BCUT2D eigenvalue weighted by Gasteiger charge is 2.31. The van der Waals surface area contributed by atoms with Crippen molar-refractivity contribution in [3.63, 3.8) is 0 Å². The number of rotatable bonds is 5. The Balaban J connectivity index is 2.19. The van der Waals surface area contributed by atoms with Crippen LogP contribution in [0.1, 0.15) is 24.1 Å². The predicted octanol–water partition coefficient (Wildman–Crippen LogP) is 1.55. The molecule has 4 heteroatoms. The Labute approximate surface area is 115 Å². The topological polar surface area (TPSA) is 47.7 Å². The fourth-order valence-electron chi connectivity index (χ4n) is 2.74. The number of methoxy groups -OCH3 is 1. The minimum Gasteiger partial charge on any atom is -0.380 e. The van der Waals surface area contributed by atoms with Crippen molar-refractivity contribution in [2.75, 3.05) is 33.4 Å². The van der Waals surface area contributed by atoms with Crippen LogP contribution in [-0.4, -0.2) is 44.4 Å². The quantitative estimate of drug-likeness (QED) is 0.876.